The van der Waals surface area contributed by atoms with Crippen molar-refractivity contribution in [3.8, 4) is 6.07 Å². The molecule has 3 rings (SSSR count). The van der Waals surface area contributed by atoms with Crippen LogP contribution in [-0.2, 0) is 6.42 Å². The van der Waals surface area contributed by atoms with Crippen LogP contribution in [0.5, 0.6) is 0 Å². The SMILES string of the molecule is N#Cc1cccc(NC2=NCCc3ccc([N+](=O)[O-])cc32)c1. The van der Waals surface area contributed by atoms with Crippen molar-refractivity contribution in [3.63, 3.8) is 0 Å². The van der Waals surface area contributed by atoms with Crippen molar-refractivity contribution in [2.75, 3.05) is 11.9 Å². The van der Waals surface area contributed by atoms with Gasteiger partial charge in [-0.15, -0.1) is 0 Å². The van der Waals surface area contributed by atoms with Gasteiger partial charge in [0.05, 0.1) is 16.6 Å². The molecule has 1 N–H and O–H groups in total. The van der Waals surface area contributed by atoms with Gasteiger partial charge in [-0.2, -0.15) is 5.26 Å². The molecule has 2 aromatic rings. The second-order valence-electron chi connectivity index (χ2n) is 4.90. The highest BCUT2D eigenvalue weighted by Crippen LogP contribution is 2.23. The first-order chi connectivity index (χ1) is 10.7. The molecule has 1 aliphatic heterocycles. The number of fused-ring (bicyclic) bond motifs is 1. The lowest BCUT2D eigenvalue weighted by Crippen LogP contribution is -2.21. The molecular formula is C16H12N4O2. The van der Waals surface area contributed by atoms with Gasteiger partial charge in [0.15, 0.2) is 0 Å². The third-order valence-electron chi connectivity index (χ3n) is 3.46. The summed E-state index contributed by atoms with van der Waals surface area (Å²) in [6, 6.07) is 13.9. The Morgan fingerprint density at radius 1 is 1.27 bits per heavy atom. The number of nitrogens with zero attached hydrogens (tertiary/aromatic N) is 3. The van der Waals surface area contributed by atoms with Crippen molar-refractivity contribution in [2.24, 2.45) is 4.99 Å². The Bertz CT molecular complexity index is 821. The van der Waals surface area contributed by atoms with Crippen LogP contribution in [0.1, 0.15) is 16.7 Å². The van der Waals surface area contributed by atoms with Crippen LogP contribution < -0.4 is 5.32 Å². The predicted octanol–water partition coefficient (Wildman–Crippen LogP) is 2.88. The molecule has 0 atom stereocenters. The molecule has 0 radical (unpaired) electrons. The van der Waals surface area contributed by atoms with Crippen LogP contribution in [0.4, 0.5) is 11.4 Å². The highest BCUT2D eigenvalue weighted by molar-refractivity contribution is 6.10. The van der Waals surface area contributed by atoms with Gasteiger partial charge in [0.25, 0.3) is 5.69 Å². The summed E-state index contributed by atoms with van der Waals surface area (Å²) in [4.78, 5) is 15.0. The number of nitriles is 1. The number of hydrogen-bond acceptors (Lipinski definition) is 5. The summed E-state index contributed by atoms with van der Waals surface area (Å²) in [6.45, 7) is 0.630. The van der Waals surface area contributed by atoms with E-state index in [2.05, 4.69) is 16.4 Å². The minimum atomic E-state index is -0.414. The minimum absolute atomic E-state index is 0.0425. The second-order valence-corrected chi connectivity index (χ2v) is 4.90. The number of amidine groups is 1. The zero-order chi connectivity index (χ0) is 15.5. The number of rotatable bonds is 2. The highest BCUT2D eigenvalue weighted by atomic mass is 16.6. The zero-order valence-corrected chi connectivity index (χ0v) is 11.6. The van der Waals surface area contributed by atoms with Gasteiger partial charge in [-0.25, -0.2) is 0 Å². The van der Waals surface area contributed by atoms with E-state index in [1.54, 1.807) is 24.3 Å². The molecule has 2 aromatic carbocycles. The van der Waals surface area contributed by atoms with Gasteiger partial charge in [0.1, 0.15) is 5.84 Å². The quantitative estimate of drug-likeness (QED) is 0.680. The van der Waals surface area contributed by atoms with Crippen LogP contribution in [0.25, 0.3) is 0 Å². The molecule has 6 heteroatoms. The van der Waals surface area contributed by atoms with Crippen molar-refractivity contribution in [2.45, 2.75) is 6.42 Å². The first-order valence-electron chi connectivity index (χ1n) is 6.77. The summed E-state index contributed by atoms with van der Waals surface area (Å²) in [5.41, 5.74) is 3.08. The van der Waals surface area contributed by atoms with Gasteiger partial charge < -0.3 is 5.32 Å². The zero-order valence-electron chi connectivity index (χ0n) is 11.6. The molecule has 0 saturated heterocycles. The third kappa shape index (κ3) is 2.65. The van der Waals surface area contributed by atoms with E-state index in [0.29, 0.717) is 17.9 Å². The van der Waals surface area contributed by atoms with E-state index < -0.39 is 4.92 Å². The van der Waals surface area contributed by atoms with E-state index in [0.717, 1.165) is 23.2 Å². The van der Waals surface area contributed by atoms with Crippen molar-refractivity contribution < 1.29 is 4.92 Å². The molecule has 0 amide bonds. The molecule has 6 nitrogen and oxygen atoms in total. The molecule has 0 bridgehead atoms. The van der Waals surface area contributed by atoms with E-state index >= 15 is 0 Å². The Hall–Kier alpha value is -3.20. The minimum Gasteiger partial charge on any atom is -0.340 e. The maximum Gasteiger partial charge on any atom is 0.270 e. The largest absolute Gasteiger partial charge is 0.340 e. The predicted molar refractivity (Wildman–Crippen MR) is 83.0 cm³/mol. The molecule has 0 unspecified atom stereocenters. The lowest BCUT2D eigenvalue weighted by atomic mass is 10.00. The molecule has 0 fully saturated rings. The number of hydrogen-bond donors (Lipinski definition) is 1. The van der Waals surface area contributed by atoms with Crippen LogP contribution in [0, 0.1) is 21.4 Å². The van der Waals surface area contributed by atoms with Crippen molar-refractivity contribution in [3.05, 3.63) is 69.3 Å². The van der Waals surface area contributed by atoms with Crippen LogP contribution in [0.15, 0.2) is 47.5 Å². The molecule has 0 saturated carbocycles. The summed E-state index contributed by atoms with van der Waals surface area (Å²) >= 11 is 0. The van der Waals surface area contributed by atoms with Gasteiger partial charge in [0.2, 0.25) is 0 Å². The lowest BCUT2D eigenvalue weighted by molar-refractivity contribution is -0.384. The second kappa shape index (κ2) is 5.66. The number of benzene rings is 2. The molecule has 1 aliphatic rings. The highest BCUT2D eigenvalue weighted by Gasteiger charge is 2.18. The fourth-order valence-electron chi connectivity index (χ4n) is 2.40. The standard InChI is InChI=1S/C16H12N4O2/c17-10-11-2-1-3-13(8-11)19-16-15-9-14(20(21)22)5-4-12(15)6-7-18-16/h1-5,8-9H,6-7H2,(H,18,19). The summed E-state index contributed by atoms with van der Waals surface area (Å²) in [7, 11) is 0. The summed E-state index contributed by atoms with van der Waals surface area (Å²) < 4.78 is 0. The number of nitrogens with one attached hydrogen (secondary N) is 1. The monoisotopic (exact) mass is 292 g/mol. The van der Waals surface area contributed by atoms with Gasteiger partial charge in [-0.1, -0.05) is 12.1 Å². The lowest BCUT2D eigenvalue weighted by Gasteiger charge is -2.18. The molecule has 108 valence electrons. The average molecular weight is 292 g/mol. The van der Waals surface area contributed by atoms with E-state index in [9.17, 15) is 10.1 Å². The Balaban J connectivity index is 1.96. The van der Waals surface area contributed by atoms with E-state index in [-0.39, 0.29) is 5.69 Å². The average Bonchev–Trinajstić information content (AvgIpc) is 2.55. The first kappa shape index (κ1) is 13.8. The van der Waals surface area contributed by atoms with Gasteiger partial charge in [0, 0.05) is 29.9 Å². The Morgan fingerprint density at radius 2 is 2.14 bits per heavy atom. The van der Waals surface area contributed by atoms with Crippen LogP contribution in [0.3, 0.4) is 0 Å². The number of aliphatic imine (C=N–C) groups is 1. The van der Waals surface area contributed by atoms with Crippen molar-refractivity contribution in [1.82, 2.24) is 0 Å². The Morgan fingerprint density at radius 3 is 2.91 bits per heavy atom. The first-order valence-corrected chi connectivity index (χ1v) is 6.77. The maximum atomic E-state index is 10.9. The van der Waals surface area contributed by atoms with Crippen molar-refractivity contribution in [1.29, 1.82) is 5.26 Å². The van der Waals surface area contributed by atoms with E-state index in [4.69, 9.17) is 5.26 Å². The fraction of sp³-hybridized carbons (Fsp3) is 0.125. The van der Waals surface area contributed by atoms with Crippen LogP contribution >= 0.6 is 0 Å². The molecule has 1 heterocycles. The summed E-state index contributed by atoms with van der Waals surface area (Å²) in [5.74, 6) is 0.597. The van der Waals surface area contributed by atoms with Gasteiger partial charge in [-0.3, -0.25) is 15.1 Å². The topological polar surface area (TPSA) is 91.3 Å². The van der Waals surface area contributed by atoms with Gasteiger partial charge >= 0.3 is 0 Å². The number of anilines is 1. The normalized spacial score (nSPS) is 12.8. The summed E-state index contributed by atoms with van der Waals surface area (Å²) in [5, 5.41) is 23.0. The molecule has 0 aromatic heterocycles. The van der Waals surface area contributed by atoms with Crippen LogP contribution in [-0.4, -0.2) is 17.3 Å². The maximum absolute atomic E-state index is 10.9. The molecule has 0 aliphatic carbocycles. The van der Waals surface area contributed by atoms with E-state index in [1.807, 2.05) is 6.07 Å². The number of non-ortho nitro benzene ring substituents is 1. The van der Waals surface area contributed by atoms with Gasteiger partial charge in [-0.05, 0) is 30.2 Å². The fourth-order valence-corrected chi connectivity index (χ4v) is 2.40. The Kier molecular flexibility index (Phi) is 3.54. The molecule has 22 heavy (non-hydrogen) atoms. The number of nitro benzene ring substituents is 1. The Labute approximate surface area is 126 Å². The van der Waals surface area contributed by atoms with Crippen molar-refractivity contribution >= 4 is 17.2 Å². The summed E-state index contributed by atoms with van der Waals surface area (Å²) in [6.07, 6.45) is 0.761. The molecular weight excluding hydrogens is 280 g/mol. The van der Waals surface area contributed by atoms with E-state index in [1.165, 1.54) is 12.1 Å². The molecule has 0 spiro atoms. The third-order valence-corrected chi connectivity index (χ3v) is 3.46. The number of nitro groups is 1. The smallest absolute Gasteiger partial charge is 0.270 e. The van der Waals surface area contributed by atoms with Crippen LogP contribution in [0.2, 0.25) is 0 Å².